The van der Waals surface area contributed by atoms with Gasteiger partial charge in [0.15, 0.2) is 5.76 Å². The maximum Gasteiger partial charge on any atom is 0.340 e. The summed E-state index contributed by atoms with van der Waals surface area (Å²) >= 11 is 0. The largest absolute Gasteiger partial charge is 0.459 e. The van der Waals surface area contributed by atoms with Crippen molar-refractivity contribution < 1.29 is 23.1 Å². The van der Waals surface area contributed by atoms with Crippen molar-refractivity contribution in [3.8, 4) is 0 Å². The lowest BCUT2D eigenvalue weighted by atomic mass is 10.1. The minimum absolute atomic E-state index is 0.132. The zero-order valence-corrected chi connectivity index (χ0v) is 13.9. The van der Waals surface area contributed by atoms with Gasteiger partial charge in [0.2, 0.25) is 0 Å². The Morgan fingerprint density at radius 1 is 1.04 bits per heavy atom. The number of benzene rings is 2. The molecule has 0 radical (unpaired) electrons. The van der Waals surface area contributed by atoms with Crippen molar-refractivity contribution in [3.63, 3.8) is 0 Å². The number of furan rings is 1. The summed E-state index contributed by atoms with van der Waals surface area (Å²) in [5.41, 5.74) is 1.18. The van der Waals surface area contributed by atoms with Gasteiger partial charge in [-0.15, -0.1) is 0 Å². The number of hydrogen-bond donors (Lipinski definition) is 1. The Morgan fingerprint density at radius 3 is 2.46 bits per heavy atom. The summed E-state index contributed by atoms with van der Waals surface area (Å²) < 4.78 is 23.5. The zero-order valence-electron chi connectivity index (χ0n) is 13.9. The van der Waals surface area contributed by atoms with Crippen molar-refractivity contribution in [2.45, 2.75) is 13.0 Å². The van der Waals surface area contributed by atoms with Crippen molar-refractivity contribution in [3.05, 3.63) is 89.6 Å². The molecule has 26 heavy (non-hydrogen) atoms. The van der Waals surface area contributed by atoms with Gasteiger partial charge in [0.05, 0.1) is 17.5 Å². The van der Waals surface area contributed by atoms with Gasteiger partial charge in [-0.25, -0.2) is 9.18 Å². The molecule has 0 fully saturated rings. The maximum absolute atomic E-state index is 13.0. The van der Waals surface area contributed by atoms with E-state index in [0.29, 0.717) is 11.3 Å². The lowest BCUT2D eigenvalue weighted by Crippen LogP contribution is -2.16. The van der Waals surface area contributed by atoms with Crippen LogP contribution >= 0.6 is 0 Å². The topological polar surface area (TPSA) is 68.5 Å². The van der Waals surface area contributed by atoms with Gasteiger partial charge < -0.3 is 14.5 Å². The number of halogens is 1. The molecule has 0 saturated carbocycles. The molecular formula is C20H16FNO4. The fourth-order valence-electron chi connectivity index (χ4n) is 2.39. The Kier molecular flexibility index (Phi) is 5.12. The molecule has 1 aromatic heterocycles. The van der Waals surface area contributed by atoms with Crippen molar-refractivity contribution in [1.29, 1.82) is 0 Å². The molecule has 1 amide bonds. The van der Waals surface area contributed by atoms with E-state index in [2.05, 4.69) is 5.32 Å². The zero-order chi connectivity index (χ0) is 18.5. The van der Waals surface area contributed by atoms with E-state index in [1.165, 1.54) is 24.5 Å². The second-order valence-electron chi connectivity index (χ2n) is 5.58. The summed E-state index contributed by atoms with van der Waals surface area (Å²) in [5.74, 6) is -1.30. The molecule has 0 unspecified atom stereocenters. The maximum atomic E-state index is 13.0. The number of anilines is 1. The van der Waals surface area contributed by atoms with Crippen LogP contribution in [-0.2, 0) is 4.74 Å². The smallest absolute Gasteiger partial charge is 0.340 e. The van der Waals surface area contributed by atoms with Crippen LogP contribution in [-0.4, -0.2) is 11.9 Å². The highest BCUT2D eigenvalue weighted by atomic mass is 19.1. The number of carbonyl (C=O) groups excluding carboxylic acids is 2. The van der Waals surface area contributed by atoms with Gasteiger partial charge in [0.25, 0.3) is 5.91 Å². The standard InChI is InChI=1S/C20H16FNO4/c1-13(14-8-10-15(21)11-9-14)26-20(24)16-5-2-3-6-17(16)22-19(23)18-7-4-12-25-18/h2-13H,1H3,(H,22,23)/t13-/m0/s1. The summed E-state index contributed by atoms with van der Waals surface area (Å²) in [4.78, 5) is 24.6. The lowest BCUT2D eigenvalue weighted by molar-refractivity contribution is 0.0339. The molecule has 1 N–H and O–H groups in total. The quantitative estimate of drug-likeness (QED) is 0.681. The lowest BCUT2D eigenvalue weighted by Gasteiger charge is -2.15. The summed E-state index contributed by atoms with van der Waals surface area (Å²) in [5, 5.41) is 2.63. The Bertz CT molecular complexity index is 904. The van der Waals surface area contributed by atoms with Crippen LogP contribution in [0.5, 0.6) is 0 Å². The predicted octanol–water partition coefficient (Wildman–Crippen LogP) is 4.59. The molecule has 6 heteroatoms. The molecular weight excluding hydrogens is 337 g/mol. The third kappa shape index (κ3) is 3.97. The van der Waals surface area contributed by atoms with Gasteiger partial charge in [-0.05, 0) is 48.9 Å². The molecule has 0 aliphatic heterocycles. The third-order valence-corrected chi connectivity index (χ3v) is 3.76. The number of esters is 1. The van der Waals surface area contributed by atoms with Crippen LogP contribution < -0.4 is 5.32 Å². The van der Waals surface area contributed by atoms with Crippen LogP contribution in [0.2, 0.25) is 0 Å². The number of para-hydroxylation sites is 1. The van der Waals surface area contributed by atoms with Gasteiger partial charge in [-0.1, -0.05) is 24.3 Å². The van der Waals surface area contributed by atoms with Gasteiger partial charge in [0, 0.05) is 0 Å². The average molecular weight is 353 g/mol. The Morgan fingerprint density at radius 2 is 1.77 bits per heavy atom. The number of carbonyl (C=O) groups is 2. The van der Waals surface area contributed by atoms with Crippen molar-refractivity contribution >= 4 is 17.6 Å². The van der Waals surface area contributed by atoms with E-state index in [-0.39, 0.29) is 17.1 Å². The molecule has 0 aliphatic rings. The number of amides is 1. The normalized spacial score (nSPS) is 11.6. The molecule has 3 rings (SSSR count). The molecule has 1 heterocycles. The summed E-state index contributed by atoms with van der Waals surface area (Å²) in [6.45, 7) is 1.69. The van der Waals surface area contributed by atoms with E-state index in [0.717, 1.165) is 0 Å². The molecule has 5 nitrogen and oxygen atoms in total. The molecule has 132 valence electrons. The first-order valence-corrected chi connectivity index (χ1v) is 7.95. The van der Waals surface area contributed by atoms with E-state index in [9.17, 15) is 14.0 Å². The molecule has 2 aromatic carbocycles. The predicted molar refractivity (Wildman–Crippen MR) is 93.3 cm³/mol. The highest BCUT2D eigenvalue weighted by Crippen LogP contribution is 2.23. The average Bonchev–Trinajstić information content (AvgIpc) is 3.17. The Hall–Kier alpha value is -3.41. The SMILES string of the molecule is C[C@H](OC(=O)c1ccccc1NC(=O)c1ccco1)c1ccc(F)cc1. The molecule has 3 aromatic rings. The van der Waals surface area contributed by atoms with Gasteiger partial charge in [-0.3, -0.25) is 4.79 Å². The second kappa shape index (κ2) is 7.65. The van der Waals surface area contributed by atoms with E-state index >= 15 is 0 Å². The van der Waals surface area contributed by atoms with Crippen LogP contribution in [0, 0.1) is 5.82 Å². The molecule has 0 saturated heterocycles. The summed E-state index contributed by atoms with van der Waals surface area (Å²) in [6.07, 6.45) is 0.816. The van der Waals surface area contributed by atoms with Crippen molar-refractivity contribution in [2.24, 2.45) is 0 Å². The fraction of sp³-hybridized carbons (Fsp3) is 0.100. The molecule has 1 atom stereocenters. The summed E-state index contributed by atoms with van der Waals surface area (Å²) in [6, 6.07) is 15.3. The second-order valence-corrected chi connectivity index (χ2v) is 5.58. The van der Waals surface area contributed by atoms with Crippen LogP contribution in [0.4, 0.5) is 10.1 Å². The van der Waals surface area contributed by atoms with E-state index in [1.54, 1.807) is 49.4 Å². The number of nitrogens with one attached hydrogen (secondary N) is 1. The molecule has 0 aliphatic carbocycles. The molecule has 0 bridgehead atoms. The van der Waals surface area contributed by atoms with Crippen LogP contribution in [0.1, 0.15) is 39.5 Å². The minimum Gasteiger partial charge on any atom is -0.459 e. The van der Waals surface area contributed by atoms with Crippen LogP contribution in [0.25, 0.3) is 0 Å². The van der Waals surface area contributed by atoms with E-state index in [1.807, 2.05) is 0 Å². The number of ether oxygens (including phenoxy) is 1. The monoisotopic (exact) mass is 353 g/mol. The van der Waals surface area contributed by atoms with Gasteiger partial charge in [0.1, 0.15) is 11.9 Å². The Labute approximate surface area is 149 Å². The Balaban J connectivity index is 1.75. The van der Waals surface area contributed by atoms with Gasteiger partial charge >= 0.3 is 5.97 Å². The number of rotatable bonds is 5. The van der Waals surface area contributed by atoms with Crippen molar-refractivity contribution in [2.75, 3.05) is 5.32 Å². The first-order valence-electron chi connectivity index (χ1n) is 7.95. The van der Waals surface area contributed by atoms with Gasteiger partial charge in [-0.2, -0.15) is 0 Å². The van der Waals surface area contributed by atoms with E-state index in [4.69, 9.17) is 9.15 Å². The highest BCUT2D eigenvalue weighted by molar-refractivity contribution is 6.06. The number of hydrogen-bond acceptors (Lipinski definition) is 4. The summed E-state index contributed by atoms with van der Waals surface area (Å²) in [7, 11) is 0. The fourth-order valence-corrected chi connectivity index (χ4v) is 2.39. The van der Waals surface area contributed by atoms with Crippen LogP contribution in [0.15, 0.2) is 71.3 Å². The highest BCUT2D eigenvalue weighted by Gasteiger charge is 2.19. The van der Waals surface area contributed by atoms with E-state index < -0.39 is 18.0 Å². The molecule has 0 spiro atoms. The minimum atomic E-state index is -0.600. The first kappa shape index (κ1) is 17.4. The van der Waals surface area contributed by atoms with Crippen LogP contribution in [0.3, 0.4) is 0 Å². The third-order valence-electron chi connectivity index (χ3n) is 3.76. The first-order chi connectivity index (χ1) is 12.5. The van der Waals surface area contributed by atoms with Crippen molar-refractivity contribution in [1.82, 2.24) is 0 Å².